The van der Waals surface area contributed by atoms with E-state index in [0.29, 0.717) is 19.5 Å². The number of halogens is 1. The van der Waals surface area contributed by atoms with Gasteiger partial charge >= 0.3 is 0 Å². The lowest BCUT2D eigenvalue weighted by Gasteiger charge is -2.02. The van der Waals surface area contributed by atoms with Crippen LogP contribution in [0.4, 0.5) is 0 Å². The molecule has 64 valence electrons. The van der Waals surface area contributed by atoms with Gasteiger partial charge in [-0.15, -0.1) is 0 Å². The lowest BCUT2D eigenvalue weighted by molar-refractivity contribution is -0.120. The smallest absolute Gasteiger partial charge is 0.221 e. The molecule has 0 saturated carbocycles. The molecule has 0 aliphatic heterocycles. The lowest BCUT2D eigenvalue weighted by atomic mass is 10.4. The van der Waals surface area contributed by atoms with Crippen LogP contribution in [0, 0.1) is 0 Å². The minimum absolute atomic E-state index is 0.0416. The summed E-state index contributed by atoms with van der Waals surface area (Å²) >= 11 is 3.15. The summed E-state index contributed by atoms with van der Waals surface area (Å²) in [6.45, 7) is 4.81. The average molecular weight is 221 g/mol. The normalized spacial score (nSPS) is 9.27. The van der Waals surface area contributed by atoms with Crippen LogP contribution >= 0.6 is 15.9 Å². The quantitative estimate of drug-likeness (QED) is 0.714. The van der Waals surface area contributed by atoms with E-state index < -0.39 is 0 Å². The third-order valence-corrected chi connectivity index (χ3v) is 1.36. The predicted octanol–water partition coefficient (Wildman–Crippen LogP) is 0.621. The summed E-state index contributed by atoms with van der Waals surface area (Å²) in [5.74, 6) is 0.0416. The van der Waals surface area contributed by atoms with Crippen LogP contribution in [-0.4, -0.2) is 26.0 Å². The molecule has 0 aliphatic carbocycles. The molecular formula is C7H13BrN2O. The molecule has 1 amide bonds. The molecule has 3 nitrogen and oxygen atoms in total. The number of hydrogen-bond donors (Lipinski definition) is 2. The second-order valence-electron chi connectivity index (χ2n) is 2.15. The van der Waals surface area contributed by atoms with E-state index in [0.717, 1.165) is 4.48 Å². The molecule has 11 heavy (non-hydrogen) atoms. The van der Waals surface area contributed by atoms with Gasteiger partial charge in [0.25, 0.3) is 0 Å². The summed E-state index contributed by atoms with van der Waals surface area (Å²) in [6.07, 6.45) is 0.511. The lowest BCUT2D eigenvalue weighted by Crippen LogP contribution is -2.27. The van der Waals surface area contributed by atoms with Crippen LogP contribution in [-0.2, 0) is 4.79 Å². The molecule has 0 atom stereocenters. The zero-order valence-corrected chi connectivity index (χ0v) is 8.20. The van der Waals surface area contributed by atoms with Gasteiger partial charge in [0.1, 0.15) is 0 Å². The third kappa shape index (κ3) is 7.55. The Bertz CT molecular complexity index is 147. The van der Waals surface area contributed by atoms with Crippen LogP contribution in [0.1, 0.15) is 6.42 Å². The van der Waals surface area contributed by atoms with Crippen molar-refractivity contribution < 1.29 is 4.79 Å². The van der Waals surface area contributed by atoms with Crippen molar-refractivity contribution in [3.63, 3.8) is 0 Å². The molecule has 2 N–H and O–H groups in total. The van der Waals surface area contributed by atoms with Gasteiger partial charge in [0.15, 0.2) is 0 Å². The van der Waals surface area contributed by atoms with Gasteiger partial charge in [-0.2, -0.15) is 0 Å². The molecule has 0 aromatic rings. The number of nitrogens with one attached hydrogen (secondary N) is 2. The van der Waals surface area contributed by atoms with E-state index >= 15 is 0 Å². The van der Waals surface area contributed by atoms with Gasteiger partial charge in [0, 0.05) is 24.0 Å². The molecule has 0 fully saturated rings. The summed E-state index contributed by atoms with van der Waals surface area (Å²) in [7, 11) is 1.82. The molecule has 0 aromatic carbocycles. The summed E-state index contributed by atoms with van der Waals surface area (Å²) in [5.41, 5.74) is 0. The number of rotatable bonds is 5. The molecule has 0 spiro atoms. The summed E-state index contributed by atoms with van der Waals surface area (Å²) in [5, 5.41) is 5.58. The first-order valence-corrected chi connectivity index (χ1v) is 4.20. The predicted molar refractivity (Wildman–Crippen MR) is 49.6 cm³/mol. The van der Waals surface area contributed by atoms with Gasteiger partial charge in [-0.3, -0.25) is 4.79 Å². The Balaban J connectivity index is 3.30. The Labute approximate surface area is 75.4 Å². The Morgan fingerprint density at radius 2 is 2.27 bits per heavy atom. The zero-order chi connectivity index (χ0) is 8.69. The maximum Gasteiger partial charge on any atom is 0.221 e. The fraction of sp³-hybridized carbons (Fsp3) is 0.571. The van der Waals surface area contributed by atoms with Crippen LogP contribution in [0.25, 0.3) is 0 Å². The van der Waals surface area contributed by atoms with Gasteiger partial charge in [-0.25, -0.2) is 0 Å². The molecular weight excluding hydrogens is 208 g/mol. The van der Waals surface area contributed by atoms with E-state index in [1.807, 2.05) is 7.05 Å². The highest BCUT2D eigenvalue weighted by molar-refractivity contribution is 9.11. The molecule has 0 bridgehead atoms. The second-order valence-corrected chi connectivity index (χ2v) is 3.27. The highest BCUT2D eigenvalue weighted by atomic mass is 79.9. The molecule has 0 rings (SSSR count). The van der Waals surface area contributed by atoms with E-state index in [1.165, 1.54) is 0 Å². The summed E-state index contributed by atoms with van der Waals surface area (Å²) < 4.78 is 0.787. The van der Waals surface area contributed by atoms with Gasteiger partial charge in [-0.1, -0.05) is 22.5 Å². The largest absolute Gasteiger partial charge is 0.351 e. The molecule has 0 aliphatic rings. The topological polar surface area (TPSA) is 41.1 Å². The third-order valence-electron chi connectivity index (χ3n) is 1.08. The molecule has 0 saturated heterocycles. The number of carbonyl (C=O) groups is 1. The maximum atomic E-state index is 10.9. The van der Waals surface area contributed by atoms with Gasteiger partial charge < -0.3 is 10.6 Å². The Hall–Kier alpha value is -0.350. The van der Waals surface area contributed by atoms with Gasteiger partial charge in [0.2, 0.25) is 5.91 Å². The van der Waals surface area contributed by atoms with Crippen LogP contribution in [0.2, 0.25) is 0 Å². The van der Waals surface area contributed by atoms with E-state index in [9.17, 15) is 4.79 Å². The fourth-order valence-corrected chi connectivity index (χ4v) is 0.662. The average Bonchev–Trinajstić information content (AvgIpc) is 1.97. The maximum absolute atomic E-state index is 10.9. The van der Waals surface area contributed by atoms with Crippen molar-refractivity contribution in [2.45, 2.75) is 6.42 Å². The monoisotopic (exact) mass is 220 g/mol. The van der Waals surface area contributed by atoms with Crippen LogP contribution < -0.4 is 10.6 Å². The van der Waals surface area contributed by atoms with Crippen molar-refractivity contribution in [3.8, 4) is 0 Å². The molecule has 0 heterocycles. The van der Waals surface area contributed by atoms with Crippen molar-refractivity contribution in [1.29, 1.82) is 0 Å². The first-order chi connectivity index (χ1) is 5.16. The van der Waals surface area contributed by atoms with Crippen molar-refractivity contribution >= 4 is 21.8 Å². The minimum Gasteiger partial charge on any atom is -0.351 e. The van der Waals surface area contributed by atoms with Crippen molar-refractivity contribution in [2.24, 2.45) is 0 Å². The van der Waals surface area contributed by atoms with E-state index in [4.69, 9.17) is 0 Å². The SMILES string of the molecule is C=C(Br)CNC(=O)CCNC. The standard InChI is InChI=1S/C7H13BrN2O/c1-6(8)5-10-7(11)3-4-9-2/h9H,1,3-5H2,2H3,(H,10,11). The van der Waals surface area contributed by atoms with Crippen LogP contribution in [0.15, 0.2) is 11.1 Å². The highest BCUT2D eigenvalue weighted by Crippen LogP contribution is 1.96. The number of carbonyl (C=O) groups excluding carboxylic acids is 1. The molecule has 0 aromatic heterocycles. The number of amides is 1. The summed E-state index contributed by atoms with van der Waals surface area (Å²) in [6, 6.07) is 0. The first-order valence-electron chi connectivity index (χ1n) is 3.41. The van der Waals surface area contributed by atoms with Gasteiger partial charge in [0.05, 0.1) is 0 Å². The zero-order valence-electron chi connectivity index (χ0n) is 6.61. The Kier molecular flexibility index (Phi) is 6.16. The van der Waals surface area contributed by atoms with E-state index in [-0.39, 0.29) is 5.91 Å². The van der Waals surface area contributed by atoms with Crippen molar-refractivity contribution in [1.82, 2.24) is 10.6 Å². The minimum atomic E-state index is 0.0416. The van der Waals surface area contributed by atoms with Crippen LogP contribution in [0.3, 0.4) is 0 Å². The number of hydrogen-bond acceptors (Lipinski definition) is 2. The molecule has 0 radical (unpaired) electrons. The van der Waals surface area contributed by atoms with E-state index in [2.05, 4.69) is 33.1 Å². The van der Waals surface area contributed by atoms with Gasteiger partial charge in [-0.05, 0) is 7.05 Å². The molecule has 4 heteroatoms. The van der Waals surface area contributed by atoms with Crippen LogP contribution in [0.5, 0.6) is 0 Å². The summed E-state index contributed by atoms with van der Waals surface area (Å²) in [4.78, 5) is 10.9. The fourth-order valence-electron chi connectivity index (χ4n) is 0.521. The highest BCUT2D eigenvalue weighted by Gasteiger charge is 1.98. The van der Waals surface area contributed by atoms with Crippen molar-refractivity contribution in [2.75, 3.05) is 20.1 Å². The van der Waals surface area contributed by atoms with E-state index in [1.54, 1.807) is 0 Å². The first kappa shape index (κ1) is 10.7. The van der Waals surface area contributed by atoms with Crippen molar-refractivity contribution in [3.05, 3.63) is 11.1 Å². The Morgan fingerprint density at radius 1 is 1.64 bits per heavy atom. The molecule has 0 unspecified atom stereocenters. The second kappa shape index (κ2) is 6.37. The Morgan fingerprint density at radius 3 is 2.73 bits per heavy atom.